The number of guanidine groups is 1. The fraction of sp³-hybridized carbons (Fsp3) is 0.632. The van der Waals surface area contributed by atoms with Gasteiger partial charge >= 0.3 is 0 Å². The molecule has 0 aliphatic carbocycles. The zero-order valence-electron chi connectivity index (χ0n) is 16.7. The van der Waals surface area contributed by atoms with Crippen LogP contribution in [0.5, 0.6) is 0 Å². The van der Waals surface area contributed by atoms with Crippen molar-refractivity contribution in [2.45, 2.75) is 57.0 Å². The molecule has 1 rings (SSSR count). The molecule has 0 atom stereocenters. The van der Waals surface area contributed by atoms with E-state index in [-0.39, 0.29) is 11.4 Å². The van der Waals surface area contributed by atoms with Gasteiger partial charge in [0.15, 0.2) is 5.96 Å². The number of hydrogen-bond donors (Lipinski definition) is 4. The van der Waals surface area contributed by atoms with Gasteiger partial charge in [0.2, 0.25) is 10.0 Å². The van der Waals surface area contributed by atoms with Gasteiger partial charge in [0.1, 0.15) is 0 Å². The number of sulfonamides is 1. The monoisotopic (exact) mass is 398 g/mol. The molecule has 1 aromatic rings. The molecule has 0 aliphatic heterocycles. The summed E-state index contributed by atoms with van der Waals surface area (Å²) >= 11 is 0. The molecule has 0 unspecified atom stereocenters. The topological polar surface area (TPSA) is 103 Å². The highest BCUT2D eigenvalue weighted by molar-refractivity contribution is 7.89. The van der Waals surface area contributed by atoms with Gasteiger partial charge in [0.05, 0.1) is 17.0 Å². The van der Waals surface area contributed by atoms with Gasteiger partial charge in [0, 0.05) is 19.6 Å². The van der Waals surface area contributed by atoms with Crippen molar-refractivity contribution in [3.05, 3.63) is 30.3 Å². The normalized spacial score (nSPS) is 12.8. The zero-order chi connectivity index (χ0) is 20.2. The molecule has 0 amide bonds. The van der Waals surface area contributed by atoms with Crippen LogP contribution in [0.4, 0.5) is 0 Å². The fourth-order valence-electron chi connectivity index (χ4n) is 2.83. The Balaban J connectivity index is 2.57. The van der Waals surface area contributed by atoms with Crippen molar-refractivity contribution in [3.63, 3.8) is 0 Å². The Kier molecular flexibility index (Phi) is 10.4. The smallest absolute Gasteiger partial charge is 0.240 e. The van der Waals surface area contributed by atoms with E-state index in [0.717, 1.165) is 12.8 Å². The second-order valence-electron chi connectivity index (χ2n) is 6.56. The Morgan fingerprint density at radius 1 is 1.04 bits per heavy atom. The molecule has 0 aromatic heterocycles. The van der Waals surface area contributed by atoms with Crippen molar-refractivity contribution in [1.29, 1.82) is 0 Å². The van der Waals surface area contributed by atoms with E-state index in [1.807, 2.05) is 20.8 Å². The average Bonchev–Trinajstić information content (AvgIpc) is 2.64. The number of nitrogens with one attached hydrogen (secondary N) is 3. The summed E-state index contributed by atoms with van der Waals surface area (Å²) in [6.45, 7) is 7.67. The first-order valence-electron chi connectivity index (χ1n) is 9.66. The molecular formula is C19H34N4O3S. The Hall–Kier alpha value is -1.64. The lowest BCUT2D eigenvalue weighted by Gasteiger charge is -2.26. The van der Waals surface area contributed by atoms with Crippen LogP contribution in [0.25, 0.3) is 0 Å². The average molecular weight is 399 g/mol. The van der Waals surface area contributed by atoms with Crippen molar-refractivity contribution >= 4 is 16.0 Å². The summed E-state index contributed by atoms with van der Waals surface area (Å²) in [5.41, 5.74) is -0.791. The van der Waals surface area contributed by atoms with Crippen LogP contribution < -0.4 is 15.4 Å². The maximum absolute atomic E-state index is 12.2. The van der Waals surface area contributed by atoms with Crippen LogP contribution in [0.1, 0.15) is 46.5 Å². The molecule has 7 nitrogen and oxygen atoms in total. The van der Waals surface area contributed by atoms with Crippen LogP contribution >= 0.6 is 0 Å². The van der Waals surface area contributed by atoms with Crippen molar-refractivity contribution in [3.8, 4) is 0 Å². The largest absolute Gasteiger partial charge is 0.388 e. The van der Waals surface area contributed by atoms with E-state index in [0.29, 0.717) is 38.4 Å². The molecule has 1 aromatic carbocycles. The van der Waals surface area contributed by atoms with Gasteiger partial charge in [-0.2, -0.15) is 0 Å². The van der Waals surface area contributed by atoms with E-state index in [9.17, 15) is 13.5 Å². The van der Waals surface area contributed by atoms with E-state index in [2.05, 4.69) is 20.3 Å². The van der Waals surface area contributed by atoms with Gasteiger partial charge in [-0.15, -0.1) is 0 Å². The molecule has 0 saturated carbocycles. The Morgan fingerprint density at radius 2 is 1.67 bits per heavy atom. The summed E-state index contributed by atoms with van der Waals surface area (Å²) < 4.78 is 26.9. The minimum Gasteiger partial charge on any atom is -0.388 e. The summed E-state index contributed by atoms with van der Waals surface area (Å²) in [7, 11) is -3.51. The first kappa shape index (κ1) is 23.4. The van der Waals surface area contributed by atoms with Gasteiger partial charge in [-0.05, 0) is 31.9 Å². The zero-order valence-corrected chi connectivity index (χ0v) is 17.5. The number of aliphatic imine (C=N–C) groups is 1. The van der Waals surface area contributed by atoms with Gasteiger partial charge in [-0.1, -0.05) is 44.9 Å². The highest BCUT2D eigenvalue weighted by atomic mass is 32.2. The van der Waals surface area contributed by atoms with Gasteiger partial charge < -0.3 is 15.7 Å². The molecule has 0 aliphatic rings. The number of aliphatic hydroxyl groups is 1. The standard InChI is InChI=1S/C19H34N4O3S/c1-4-12-19(24,13-5-2)16-22-18(20-6-3)21-14-15-23-27(25,26)17-10-8-7-9-11-17/h7-11,23-24H,4-6,12-16H2,1-3H3,(H2,20,21,22). The van der Waals surface area contributed by atoms with Crippen LogP contribution in [0.3, 0.4) is 0 Å². The third kappa shape index (κ3) is 8.73. The van der Waals surface area contributed by atoms with E-state index in [4.69, 9.17) is 0 Å². The number of rotatable bonds is 12. The SMILES string of the molecule is CCCC(O)(CCC)CN=C(NCC)NCCNS(=O)(=O)c1ccccc1. The molecular weight excluding hydrogens is 364 g/mol. The predicted molar refractivity (Wildman–Crippen MR) is 110 cm³/mol. The Morgan fingerprint density at radius 3 is 2.22 bits per heavy atom. The predicted octanol–water partition coefficient (Wildman–Crippen LogP) is 1.85. The fourth-order valence-corrected chi connectivity index (χ4v) is 3.88. The summed E-state index contributed by atoms with van der Waals surface area (Å²) in [6.07, 6.45) is 3.22. The van der Waals surface area contributed by atoms with Crippen molar-refractivity contribution in [2.24, 2.45) is 4.99 Å². The van der Waals surface area contributed by atoms with Crippen molar-refractivity contribution in [2.75, 3.05) is 26.2 Å². The minimum atomic E-state index is -3.51. The van der Waals surface area contributed by atoms with Crippen LogP contribution in [0.2, 0.25) is 0 Å². The van der Waals surface area contributed by atoms with Crippen LogP contribution in [-0.2, 0) is 10.0 Å². The van der Waals surface area contributed by atoms with E-state index in [1.54, 1.807) is 30.3 Å². The minimum absolute atomic E-state index is 0.232. The van der Waals surface area contributed by atoms with E-state index < -0.39 is 15.6 Å². The molecule has 27 heavy (non-hydrogen) atoms. The van der Waals surface area contributed by atoms with Crippen LogP contribution in [0.15, 0.2) is 40.2 Å². The molecule has 4 N–H and O–H groups in total. The summed E-state index contributed by atoms with van der Waals surface area (Å²) in [5.74, 6) is 0.571. The lowest BCUT2D eigenvalue weighted by molar-refractivity contribution is 0.0306. The molecule has 0 radical (unpaired) electrons. The molecule has 154 valence electrons. The summed E-state index contributed by atoms with van der Waals surface area (Å²) in [5, 5.41) is 16.9. The highest BCUT2D eigenvalue weighted by Gasteiger charge is 2.24. The molecule has 0 saturated heterocycles. The van der Waals surface area contributed by atoms with Crippen molar-refractivity contribution < 1.29 is 13.5 Å². The number of nitrogens with zero attached hydrogens (tertiary/aromatic N) is 1. The molecule has 0 bridgehead atoms. The van der Waals surface area contributed by atoms with E-state index >= 15 is 0 Å². The van der Waals surface area contributed by atoms with Gasteiger partial charge in [-0.3, -0.25) is 4.99 Å². The molecule has 8 heteroatoms. The third-order valence-electron chi connectivity index (χ3n) is 4.07. The van der Waals surface area contributed by atoms with Crippen molar-refractivity contribution in [1.82, 2.24) is 15.4 Å². The second-order valence-corrected chi connectivity index (χ2v) is 8.32. The quantitative estimate of drug-likeness (QED) is 0.244. The summed E-state index contributed by atoms with van der Waals surface area (Å²) in [4.78, 5) is 4.73. The molecule has 0 heterocycles. The van der Waals surface area contributed by atoms with Crippen LogP contribution in [0, 0.1) is 0 Å². The van der Waals surface area contributed by atoms with Gasteiger partial charge in [-0.25, -0.2) is 13.1 Å². The maximum Gasteiger partial charge on any atom is 0.240 e. The summed E-state index contributed by atoms with van der Waals surface area (Å²) in [6, 6.07) is 8.28. The Labute approximate surface area is 163 Å². The van der Waals surface area contributed by atoms with Gasteiger partial charge in [0.25, 0.3) is 0 Å². The first-order valence-corrected chi connectivity index (χ1v) is 11.1. The molecule has 0 spiro atoms. The van der Waals surface area contributed by atoms with Crippen LogP contribution in [-0.4, -0.2) is 51.3 Å². The molecule has 0 fully saturated rings. The lowest BCUT2D eigenvalue weighted by atomic mass is 9.93. The highest BCUT2D eigenvalue weighted by Crippen LogP contribution is 2.19. The van der Waals surface area contributed by atoms with E-state index in [1.165, 1.54) is 0 Å². The number of benzene rings is 1. The lowest BCUT2D eigenvalue weighted by Crippen LogP contribution is -2.43. The second kappa shape index (κ2) is 11.9. The third-order valence-corrected chi connectivity index (χ3v) is 5.55. The Bertz CT molecular complexity index is 657. The maximum atomic E-state index is 12.2. The first-order chi connectivity index (χ1) is 12.9. The number of hydrogen-bond acceptors (Lipinski definition) is 4.